The van der Waals surface area contributed by atoms with Crippen LogP contribution in [-0.4, -0.2) is 38.5 Å². The molecule has 5 nitrogen and oxygen atoms in total. The van der Waals surface area contributed by atoms with E-state index in [0.717, 1.165) is 11.8 Å². The lowest BCUT2D eigenvalue weighted by Gasteiger charge is -2.46. The van der Waals surface area contributed by atoms with E-state index in [-0.39, 0.29) is 16.3 Å². The van der Waals surface area contributed by atoms with Gasteiger partial charge in [0.15, 0.2) is 0 Å². The van der Waals surface area contributed by atoms with Gasteiger partial charge in [0.1, 0.15) is 16.7 Å². The minimum Gasteiger partial charge on any atom is -0.480 e. The van der Waals surface area contributed by atoms with Crippen molar-refractivity contribution in [2.45, 2.75) is 16.7 Å². The highest BCUT2D eigenvalue weighted by molar-refractivity contribution is 8.01. The molecule has 0 radical (unpaired) electrons. The van der Waals surface area contributed by atoms with Crippen LogP contribution in [0.3, 0.4) is 0 Å². The van der Waals surface area contributed by atoms with Gasteiger partial charge in [-0.3, -0.25) is 9.59 Å². The lowest BCUT2D eigenvalue weighted by molar-refractivity contribution is -0.141. The summed E-state index contributed by atoms with van der Waals surface area (Å²) in [5.41, 5.74) is 5.51. The molecule has 2 aliphatic heterocycles. The highest BCUT2D eigenvalue weighted by Gasteiger charge is 2.49. The van der Waals surface area contributed by atoms with E-state index in [9.17, 15) is 9.59 Å². The molecule has 76 valence electrons. The van der Waals surface area contributed by atoms with Crippen molar-refractivity contribution in [2.75, 3.05) is 0 Å². The Morgan fingerprint density at radius 1 is 1.71 bits per heavy atom. The third kappa shape index (κ3) is 1.22. The third-order valence-electron chi connectivity index (χ3n) is 2.13. The topological polar surface area (TPSA) is 83.6 Å². The predicted octanol–water partition coefficient (Wildman–Crippen LogP) is -0.238. The average Bonchev–Trinajstić information content (AvgIpc) is 2.15. The molecule has 2 aliphatic rings. The van der Waals surface area contributed by atoms with E-state index in [4.69, 9.17) is 22.4 Å². The number of fused-ring (bicyclic) bond motifs is 1. The third-order valence-corrected chi connectivity index (χ3v) is 4.11. The fraction of sp³-hybridized carbons (Fsp3) is 0.429. The number of halogens is 1. The van der Waals surface area contributed by atoms with Crippen molar-refractivity contribution < 1.29 is 14.7 Å². The minimum absolute atomic E-state index is 0.152. The summed E-state index contributed by atoms with van der Waals surface area (Å²) >= 11 is 6.80. The highest BCUT2D eigenvalue weighted by atomic mass is 35.5. The number of amides is 1. The number of hydrogen-bond donors (Lipinski definition) is 2. The molecule has 0 aromatic heterocycles. The molecule has 0 aliphatic carbocycles. The van der Waals surface area contributed by atoms with E-state index in [2.05, 4.69) is 0 Å². The molecule has 0 spiro atoms. The quantitative estimate of drug-likeness (QED) is 0.612. The standard InChI is InChI=1S/C7H7ClN2O3S/c8-2-1-10-5(11)3(9)6(10)14-4(2)7(12)13/h1,3-4,6H,9H2,(H,12,13)/t3?,4?,6-/m1/s1. The fourth-order valence-electron chi connectivity index (χ4n) is 1.38. The van der Waals surface area contributed by atoms with Gasteiger partial charge in [-0.2, -0.15) is 0 Å². The minimum atomic E-state index is -1.01. The van der Waals surface area contributed by atoms with Gasteiger partial charge < -0.3 is 15.7 Å². The second kappa shape index (κ2) is 3.15. The fourth-order valence-corrected chi connectivity index (χ4v) is 2.90. The first-order valence-electron chi connectivity index (χ1n) is 3.85. The van der Waals surface area contributed by atoms with Crippen LogP contribution in [0.15, 0.2) is 11.2 Å². The molecule has 1 saturated heterocycles. The monoisotopic (exact) mass is 234 g/mol. The second-order valence-corrected chi connectivity index (χ2v) is 4.69. The van der Waals surface area contributed by atoms with Gasteiger partial charge in [-0.05, 0) is 0 Å². The molecule has 1 amide bonds. The smallest absolute Gasteiger partial charge is 0.322 e. The van der Waals surface area contributed by atoms with Gasteiger partial charge in [-0.1, -0.05) is 11.6 Å². The normalized spacial score (nSPS) is 35.9. The zero-order valence-electron chi connectivity index (χ0n) is 6.88. The summed E-state index contributed by atoms with van der Waals surface area (Å²) in [5.74, 6) is -1.23. The first kappa shape index (κ1) is 9.82. The maximum atomic E-state index is 11.2. The summed E-state index contributed by atoms with van der Waals surface area (Å²) in [4.78, 5) is 23.3. The Hall–Kier alpha value is -0.720. The first-order valence-corrected chi connectivity index (χ1v) is 5.17. The van der Waals surface area contributed by atoms with Crippen molar-refractivity contribution in [3.8, 4) is 0 Å². The van der Waals surface area contributed by atoms with Gasteiger partial charge in [0, 0.05) is 6.20 Å². The average molecular weight is 235 g/mol. The molecule has 0 saturated carbocycles. The number of β-lactam (4-membered cyclic amide) rings is 1. The van der Waals surface area contributed by atoms with Crippen LogP contribution in [-0.2, 0) is 9.59 Å². The van der Waals surface area contributed by atoms with Crippen LogP contribution in [0.25, 0.3) is 0 Å². The van der Waals surface area contributed by atoms with E-state index in [1.807, 2.05) is 0 Å². The van der Waals surface area contributed by atoms with E-state index in [1.54, 1.807) is 0 Å². The molecule has 7 heteroatoms. The van der Waals surface area contributed by atoms with E-state index in [0.29, 0.717) is 0 Å². The Bertz CT molecular complexity index is 346. The SMILES string of the molecule is NC1C(=O)N2C=C(Cl)C(C(=O)O)S[C@H]12. The molecule has 2 unspecified atom stereocenters. The predicted molar refractivity (Wildman–Crippen MR) is 51.6 cm³/mol. The van der Waals surface area contributed by atoms with Crippen LogP contribution in [0.4, 0.5) is 0 Å². The van der Waals surface area contributed by atoms with Crippen LogP contribution in [0, 0.1) is 0 Å². The molecular formula is C7H7ClN2O3S. The molecule has 0 aromatic carbocycles. The summed E-state index contributed by atoms with van der Waals surface area (Å²) < 4.78 is 0. The summed E-state index contributed by atoms with van der Waals surface area (Å²) in [6, 6.07) is -0.608. The molecule has 14 heavy (non-hydrogen) atoms. The molecule has 0 aromatic rings. The molecule has 3 atom stereocenters. The number of carboxylic acid groups (broad SMARTS) is 1. The zero-order chi connectivity index (χ0) is 10.5. The van der Waals surface area contributed by atoms with E-state index < -0.39 is 17.3 Å². The van der Waals surface area contributed by atoms with Crippen LogP contribution in [0.1, 0.15) is 0 Å². The van der Waals surface area contributed by atoms with Crippen LogP contribution in [0.5, 0.6) is 0 Å². The molecule has 2 rings (SSSR count). The Morgan fingerprint density at radius 3 is 2.93 bits per heavy atom. The molecule has 3 N–H and O–H groups in total. The summed E-state index contributed by atoms with van der Waals surface area (Å²) in [7, 11) is 0. The van der Waals surface area contributed by atoms with Crippen LogP contribution in [0.2, 0.25) is 0 Å². The Kier molecular flexibility index (Phi) is 2.21. The largest absolute Gasteiger partial charge is 0.480 e. The van der Waals surface area contributed by atoms with Gasteiger partial charge in [-0.25, -0.2) is 0 Å². The molecule has 2 heterocycles. The second-order valence-electron chi connectivity index (χ2n) is 3.03. The van der Waals surface area contributed by atoms with Crippen molar-refractivity contribution >= 4 is 35.2 Å². The van der Waals surface area contributed by atoms with Crippen LogP contribution >= 0.6 is 23.4 Å². The summed E-state index contributed by atoms with van der Waals surface area (Å²) in [6.45, 7) is 0. The first-order chi connectivity index (χ1) is 6.52. The zero-order valence-corrected chi connectivity index (χ0v) is 8.46. The van der Waals surface area contributed by atoms with Crippen molar-refractivity contribution in [3.63, 3.8) is 0 Å². The maximum Gasteiger partial charge on any atom is 0.322 e. The Balaban J connectivity index is 2.24. The lowest BCUT2D eigenvalue weighted by atomic mass is 10.1. The number of nitrogens with two attached hydrogens (primary N) is 1. The maximum absolute atomic E-state index is 11.2. The number of carboxylic acids is 1. The van der Waals surface area contributed by atoms with Crippen molar-refractivity contribution in [2.24, 2.45) is 5.73 Å². The summed E-state index contributed by atoms with van der Waals surface area (Å²) in [5, 5.41) is 7.86. The van der Waals surface area contributed by atoms with E-state index >= 15 is 0 Å². The van der Waals surface area contributed by atoms with Crippen molar-refractivity contribution in [3.05, 3.63) is 11.2 Å². The van der Waals surface area contributed by atoms with E-state index in [1.165, 1.54) is 11.1 Å². The van der Waals surface area contributed by atoms with Gasteiger partial charge in [0.05, 0.1) is 5.03 Å². The Labute approximate surface area is 88.9 Å². The summed E-state index contributed by atoms with van der Waals surface area (Å²) in [6.07, 6.45) is 1.35. The number of nitrogens with zero attached hydrogens (tertiary/aromatic N) is 1. The number of carbonyl (C=O) groups is 2. The van der Waals surface area contributed by atoms with Gasteiger partial charge in [0.25, 0.3) is 0 Å². The highest BCUT2D eigenvalue weighted by Crippen LogP contribution is 2.40. The van der Waals surface area contributed by atoms with Gasteiger partial charge in [-0.15, -0.1) is 11.8 Å². The Morgan fingerprint density at radius 2 is 2.36 bits per heavy atom. The number of carbonyl (C=O) groups excluding carboxylic acids is 1. The van der Waals surface area contributed by atoms with Gasteiger partial charge in [0.2, 0.25) is 5.91 Å². The number of aliphatic carboxylic acids is 1. The van der Waals surface area contributed by atoms with Gasteiger partial charge >= 0.3 is 5.97 Å². The number of thioether (sulfide) groups is 1. The molecule has 0 bridgehead atoms. The lowest BCUT2D eigenvalue weighted by Crippen LogP contribution is -2.66. The number of rotatable bonds is 1. The molecular weight excluding hydrogens is 228 g/mol. The van der Waals surface area contributed by atoms with Crippen LogP contribution < -0.4 is 5.73 Å². The van der Waals surface area contributed by atoms with Crippen molar-refractivity contribution in [1.82, 2.24) is 4.90 Å². The van der Waals surface area contributed by atoms with Crippen molar-refractivity contribution in [1.29, 1.82) is 0 Å². The molecule has 1 fully saturated rings. The number of hydrogen-bond acceptors (Lipinski definition) is 4.